The van der Waals surface area contributed by atoms with Crippen LogP contribution in [0.2, 0.25) is 0 Å². The Kier molecular flexibility index (Phi) is 6.63. The summed E-state index contributed by atoms with van der Waals surface area (Å²) in [4.78, 5) is 29.1. The van der Waals surface area contributed by atoms with E-state index in [9.17, 15) is 9.59 Å². The molecule has 6 heteroatoms. The minimum atomic E-state index is -1.58. The molecule has 0 saturated heterocycles. The number of alkyl halides is 1. The molecule has 0 bridgehead atoms. The summed E-state index contributed by atoms with van der Waals surface area (Å²) in [6.07, 6.45) is 3.28. The zero-order chi connectivity index (χ0) is 23.4. The molecule has 0 aliphatic heterocycles. The first kappa shape index (κ1) is 22.8. The van der Waals surface area contributed by atoms with Crippen LogP contribution in [-0.2, 0) is 5.67 Å². The smallest absolute Gasteiger partial charge is 0.261 e. The van der Waals surface area contributed by atoms with Gasteiger partial charge in [0.2, 0.25) is 0 Å². The van der Waals surface area contributed by atoms with Gasteiger partial charge >= 0.3 is 0 Å². The van der Waals surface area contributed by atoms with Crippen LogP contribution in [0.5, 0.6) is 5.75 Å². The number of carbonyl (C=O) groups excluding carboxylic acids is 1. The van der Waals surface area contributed by atoms with Gasteiger partial charge in [-0.15, -0.1) is 0 Å². The largest absolute Gasteiger partial charge is 0.494 e. The number of pyridine rings is 1. The van der Waals surface area contributed by atoms with Gasteiger partial charge in [-0.25, -0.2) is 4.39 Å². The lowest BCUT2D eigenvalue weighted by Gasteiger charge is -2.30. The summed E-state index contributed by atoms with van der Waals surface area (Å²) in [5.41, 5.74) is 0.768. The first-order valence-corrected chi connectivity index (χ1v) is 11.5. The molecule has 1 aliphatic carbocycles. The van der Waals surface area contributed by atoms with E-state index in [2.05, 4.69) is 10.3 Å². The highest BCUT2D eigenvalue weighted by Gasteiger charge is 2.36. The van der Waals surface area contributed by atoms with Gasteiger partial charge in [-0.1, -0.05) is 36.2 Å². The van der Waals surface area contributed by atoms with Crippen LogP contribution in [0.1, 0.15) is 60.6 Å². The number of H-pyrrole nitrogens is 1. The number of hydrogen-bond acceptors (Lipinski definition) is 3. The van der Waals surface area contributed by atoms with E-state index in [-0.39, 0.29) is 11.3 Å². The van der Waals surface area contributed by atoms with Crippen LogP contribution in [0.3, 0.4) is 0 Å². The maximum atomic E-state index is 15.7. The number of aromatic amines is 1. The van der Waals surface area contributed by atoms with Gasteiger partial charge in [0.1, 0.15) is 11.3 Å². The van der Waals surface area contributed by atoms with Crippen LogP contribution in [0.15, 0.2) is 59.4 Å². The molecule has 2 aromatic carbocycles. The van der Waals surface area contributed by atoms with Gasteiger partial charge in [0.15, 0.2) is 5.67 Å². The van der Waals surface area contributed by atoms with E-state index in [1.54, 1.807) is 30.3 Å². The van der Waals surface area contributed by atoms with Crippen molar-refractivity contribution in [3.63, 3.8) is 0 Å². The van der Waals surface area contributed by atoms with E-state index in [1.165, 1.54) is 0 Å². The minimum Gasteiger partial charge on any atom is -0.494 e. The monoisotopic (exact) mass is 448 g/mol. The number of ether oxygens (including phenoxy) is 1. The molecular formula is C27H29FN2O3. The Morgan fingerprint density at radius 3 is 2.36 bits per heavy atom. The highest BCUT2D eigenvalue weighted by atomic mass is 19.1. The highest BCUT2D eigenvalue weighted by molar-refractivity contribution is 6.08. The van der Waals surface area contributed by atoms with Crippen LogP contribution >= 0.6 is 0 Å². The molecule has 0 unspecified atom stereocenters. The van der Waals surface area contributed by atoms with Crippen LogP contribution < -0.4 is 15.6 Å². The maximum Gasteiger partial charge on any atom is 0.261 e. The van der Waals surface area contributed by atoms with Crippen molar-refractivity contribution in [1.29, 1.82) is 0 Å². The summed E-state index contributed by atoms with van der Waals surface area (Å²) >= 11 is 0. The van der Waals surface area contributed by atoms with Gasteiger partial charge in [-0.3, -0.25) is 9.59 Å². The molecule has 172 valence electrons. The molecule has 1 aliphatic rings. The lowest BCUT2D eigenvalue weighted by Crippen LogP contribution is -2.31. The fraction of sp³-hybridized carbons (Fsp3) is 0.333. The van der Waals surface area contributed by atoms with Crippen molar-refractivity contribution >= 4 is 11.6 Å². The van der Waals surface area contributed by atoms with Gasteiger partial charge in [0.25, 0.3) is 11.5 Å². The van der Waals surface area contributed by atoms with Crippen molar-refractivity contribution < 1.29 is 13.9 Å². The second-order valence-corrected chi connectivity index (χ2v) is 8.60. The van der Waals surface area contributed by atoms with E-state index in [0.717, 1.165) is 24.8 Å². The number of aromatic nitrogens is 1. The number of anilines is 1. The van der Waals surface area contributed by atoms with Gasteiger partial charge in [0.05, 0.1) is 12.3 Å². The summed E-state index contributed by atoms with van der Waals surface area (Å²) in [5, 5.41) is 2.79. The van der Waals surface area contributed by atoms with Crippen molar-refractivity contribution in [2.24, 2.45) is 0 Å². The van der Waals surface area contributed by atoms with E-state index in [4.69, 9.17) is 4.74 Å². The number of nitrogens with one attached hydrogen (secondary N) is 2. The summed E-state index contributed by atoms with van der Waals surface area (Å²) in [5.74, 6) is 0.151. The quantitative estimate of drug-likeness (QED) is 0.476. The van der Waals surface area contributed by atoms with Gasteiger partial charge < -0.3 is 15.0 Å². The summed E-state index contributed by atoms with van der Waals surface area (Å²) < 4.78 is 21.2. The van der Waals surface area contributed by atoms with E-state index in [1.807, 2.05) is 38.1 Å². The molecule has 0 atom stereocenters. The fourth-order valence-corrected chi connectivity index (χ4v) is 4.36. The topological polar surface area (TPSA) is 71.2 Å². The zero-order valence-electron chi connectivity index (χ0n) is 19.0. The number of carbonyl (C=O) groups is 1. The molecule has 3 aromatic rings. The Bertz CT molecular complexity index is 1180. The third-order valence-corrected chi connectivity index (χ3v) is 6.17. The second-order valence-electron chi connectivity index (χ2n) is 8.60. The number of amides is 1. The van der Waals surface area contributed by atoms with Crippen LogP contribution in [0, 0.1) is 6.92 Å². The molecule has 2 N–H and O–H groups in total. The Morgan fingerprint density at radius 1 is 1.06 bits per heavy atom. The first-order chi connectivity index (χ1) is 15.9. The average molecular weight is 449 g/mol. The normalized spacial score (nSPS) is 15.1. The molecule has 1 heterocycles. The Labute approximate surface area is 193 Å². The predicted octanol–water partition coefficient (Wildman–Crippen LogP) is 6.13. The second kappa shape index (κ2) is 9.61. The van der Waals surface area contributed by atoms with Crippen molar-refractivity contribution in [1.82, 2.24) is 4.98 Å². The molecule has 0 radical (unpaired) electrons. The number of benzene rings is 2. The lowest BCUT2D eigenvalue weighted by atomic mass is 9.82. The van der Waals surface area contributed by atoms with Crippen molar-refractivity contribution in [2.45, 2.75) is 51.6 Å². The molecule has 33 heavy (non-hydrogen) atoms. The third kappa shape index (κ3) is 5.00. The molecule has 4 rings (SSSR count). The Morgan fingerprint density at radius 2 is 1.73 bits per heavy atom. The Balaban J connectivity index is 1.75. The molecular weight excluding hydrogens is 419 g/mol. The minimum absolute atomic E-state index is 0.0316. The SMILES string of the molecule is CCOc1ccc(NC(=O)c2c(-c3ccc(C)cc3)cc(C3(F)CCCCC3)[nH]c2=O)cc1. The molecule has 0 spiro atoms. The number of rotatable bonds is 6. The van der Waals surface area contributed by atoms with Crippen LogP contribution in [0.4, 0.5) is 10.1 Å². The van der Waals surface area contributed by atoms with Gasteiger partial charge in [-0.05, 0) is 75.4 Å². The first-order valence-electron chi connectivity index (χ1n) is 11.5. The molecule has 1 fully saturated rings. The summed E-state index contributed by atoms with van der Waals surface area (Å²) in [6.45, 7) is 4.40. The highest BCUT2D eigenvalue weighted by Crippen LogP contribution is 2.40. The maximum absolute atomic E-state index is 15.7. The third-order valence-electron chi connectivity index (χ3n) is 6.17. The number of hydrogen-bond donors (Lipinski definition) is 2. The average Bonchev–Trinajstić information content (AvgIpc) is 2.81. The van der Waals surface area contributed by atoms with Gasteiger partial charge in [0, 0.05) is 11.3 Å². The molecule has 1 saturated carbocycles. The van der Waals surface area contributed by atoms with Crippen molar-refractivity contribution in [2.75, 3.05) is 11.9 Å². The predicted molar refractivity (Wildman–Crippen MR) is 129 cm³/mol. The molecule has 1 amide bonds. The molecule has 5 nitrogen and oxygen atoms in total. The summed E-state index contributed by atoms with van der Waals surface area (Å²) in [7, 11) is 0. The lowest BCUT2D eigenvalue weighted by molar-refractivity contribution is 0.0991. The Hall–Kier alpha value is -3.41. The van der Waals surface area contributed by atoms with Gasteiger partial charge in [-0.2, -0.15) is 0 Å². The zero-order valence-corrected chi connectivity index (χ0v) is 19.0. The van der Waals surface area contributed by atoms with Crippen LogP contribution in [-0.4, -0.2) is 17.5 Å². The summed E-state index contributed by atoms with van der Waals surface area (Å²) in [6, 6.07) is 16.1. The fourth-order valence-electron chi connectivity index (χ4n) is 4.36. The van der Waals surface area contributed by atoms with Crippen LogP contribution in [0.25, 0.3) is 11.1 Å². The van der Waals surface area contributed by atoms with Crippen molar-refractivity contribution in [3.05, 3.63) is 81.8 Å². The van der Waals surface area contributed by atoms with E-state index in [0.29, 0.717) is 42.0 Å². The van der Waals surface area contributed by atoms with E-state index < -0.39 is 17.1 Å². The van der Waals surface area contributed by atoms with E-state index >= 15 is 4.39 Å². The molecule has 1 aromatic heterocycles. The van der Waals surface area contributed by atoms with Crippen molar-refractivity contribution in [3.8, 4) is 16.9 Å². The number of aryl methyl sites for hydroxylation is 1. The number of halogens is 1. The standard InChI is InChI=1S/C27H29FN2O3/c1-3-33-21-13-11-20(12-14-21)29-25(31)24-22(19-9-7-18(2)8-10-19)17-23(30-26(24)32)27(28)15-5-4-6-16-27/h7-14,17H,3-6,15-16H2,1-2H3,(H,29,31)(H,30,32).